The summed E-state index contributed by atoms with van der Waals surface area (Å²) in [5, 5.41) is 0. The number of ether oxygens (including phenoxy) is 2. The largest absolute Gasteiger partial charge is 0.479 e. The van der Waals surface area contributed by atoms with Gasteiger partial charge in [0, 0.05) is 13.1 Å². The standard InChI is InChI=1S/C17H22N2O4/c1-11-8-18(9-12(2)22-11)16(20)10-19-14-6-4-5-7-15(14)23-13(3)17(19)21/h4-7,11-13H,8-10H2,1-3H3. The lowest BCUT2D eigenvalue weighted by atomic mass is 10.1. The van der Waals surface area contributed by atoms with Crippen molar-refractivity contribution in [2.45, 2.75) is 39.1 Å². The molecule has 3 rings (SSSR count). The van der Waals surface area contributed by atoms with Gasteiger partial charge in [-0.25, -0.2) is 0 Å². The predicted molar refractivity (Wildman–Crippen MR) is 85.5 cm³/mol. The van der Waals surface area contributed by atoms with Crippen molar-refractivity contribution in [1.29, 1.82) is 0 Å². The molecule has 0 saturated carbocycles. The third kappa shape index (κ3) is 3.17. The first-order valence-electron chi connectivity index (χ1n) is 7.96. The minimum atomic E-state index is -0.583. The fourth-order valence-electron chi connectivity index (χ4n) is 3.14. The Morgan fingerprint density at radius 1 is 1.17 bits per heavy atom. The van der Waals surface area contributed by atoms with Gasteiger partial charge in [-0.15, -0.1) is 0 Å². The first-order valence-corrected chi connectivity index (χ1v) is 7.96. The summed E-state index contributed by atoms with van der Waals surface area (Å²) in [6.07, 6.45) is -0.566. The SMILES string of the molecule is CC1CN(C(=O)CN2C(=O)C(C)Oc3ccccc32)CC(C)O1. The van der Waals surface area contributed by atoms with Crippen LogP contribution in [0, 0.1) is 0 Å². The Bertz CT molecular complexity index is 608. The summed E-state index contributed by atoms with van der Waals surface area (Å²) in [7, 11) is 0. The molecular weight excluding hydrogens is 296 g/mol. The van der Waals surface area contributed by atoms with Gasteiger partial charge in [0.2, 0.25) is 5.91 Å². The van der Waals surface area contributed by atoms with Crippen molar-refractivity contribution in [3.63, 3.8) is 0 Å². The highest BCUT2D eigenvalue weighted by Gasteiger charge is 2.34. The average molecular weight is 318 g/mol. The lowest BCUT2D eigenvalue weighted by Crippen LogP contribution is -2.54. The summed E-state index contributed by atoms with van der Waals surface area (Å²) in [6.45, 7) is 6.75. The predicted octanol–water partition coefficient (Wildman–Crippen LogP) is 1.44. The van der Waals surface area contributed by atoms with E-state index in [9.17, 15) is 9.59 Å². The third-order valence-electron chi connectivity index (χ3n) is 4.14. The van der Waals surface area contributed by atoms with Crippen LogP contribution in [-0.4, -0.2) is 54.7 Å². The zero-order valence-electron chi connectivity index (χ0n) is 13.7. The van der Waals surface area contributed by atoms with Crippen molar-refractivity contribution in [2.75, 3.05) is 24.5 Å². The van der Waals surface area contributed by atoms with Crippen molar-refractivity contribution in [1.82, 2.24) is 4.90 Å². The number of para-hydroxylation sites is 2. The van der Waals surface area contributed by atoms with E-state index in [0.717, 1.165) is 0 Å². The average Bonchev–Trinajstić information content (AvgIpc) is 2.50. The van der Waals surface area contributed by atoms with E-state index in [4.69, 9.17) is 9.47 Å². The zero-order valence-corrected chi connectivity index (χ0v) is 13.7. The van der Waals surface area contributed by atoms with Gasteiger partial charge in [0.15, 0.2) is 6.10 Å². The highest BCUT2D eigenvalue weighted by molar-refractivity contribution is 6.03. The van der Waals surface area contributed by atoms with E-state index in [0.29, 0.717) is 24.5 Å². The van der Waals surface area contributed by atoms with Gasteiger partial charge in [0.1, 0.15) is 12.3 Å². The van der Waals surface area contributed by atoms with E-state index in [1.807, 2.05) is 32.0 Å². The van der Waals surface area contributed by atoms with E-state index in [2.05, 4.69) is 0 Å². The van der Waals surface area contributed by atoms with Gasteiger partial charge in [0.25, 0.3) is 5.91 Å². The molecular formula is C17H22N2O4. The summed E-state index contributed by atoms with van der Waals surface area (Å²) in [5.74, 6) is 0.381. The van der Waals surface area contributed by atoms with E-state index in [-0.39, 0.29) is 30.6 Å². The van der Waals surface area contributed by atoms with E-state index in [1.165, 1.54) is 4.90 Å². The van der Waals surface area contributed by atoms with Crippen molar-refractivity contribution in [2.24, 2.45) is 0 Å². The normalized spacial score (nSPS) is 27.4. The van der Waals surface area contributed by atoms with Gasteiger partial charge in [-0.2, -0.15) is 0 Å². The minimum Gasteiger partial charge on any atom is -0.479 e. The van der Waals surface area contributed by atoms with E-state index in [1.54, 1.807) is 17.9 Å². The Balaban J connectivity index is 1.78. The van der Waals surface area contributed by atoms with E-state index >= 15 is 0 Å². The molecule has 3 unspecified atom stereocenters. The van der Waals surface area contributed by atoms with Crippen LogP contribution in [0.4, 0.5) is 5.69 Å². The summed E-state index contributed by atoms with van der Waals surface area (Å²) in [6, 6.07) is 7.31. The second-order valence-corrected chi connectivity index (χ2v) is 6.21. The molecule has 0 N–H and O–H groups in total. The van der Waals surface area contributed by atoms with Crippen LogP contribution in [-0.2, 0) is 14.3 Å². The van der Waals surface area contributed by atoms with Crippen molar-refractivity contribution >= 4 is 17.5 Å². The first-order chi connectivity index (χ1) is 11.0. The fourth-order valence-corrected chi connectivity index (χ4v) is 3.14. The second-order valence-electron chi connectivity index (χ2n) is 6.21. The molecule has 0 radical (unpaired) electrons. The maximum atomic E-state index is 12.7. The van der Waals surface area contributed by atoms with Crippen molar-refractivity contribution < 1.29 is 19.1 Å². The molecule has 3 atom stereocenters. The number of carbonyl (C=O) groups excluding carboxylic acids is 2. The van der Waals surface area contributed by atoms with Gasteiger partial charge in [-0.05, 0) is 32.9 Å². The lowest BCUT2D eigenvalue weighted by Gasteiger charge is -2.38. The second kappa shape index (κ2) is 6.20. The molecule has 1 aromatic rings. The molecule has 1 aromatic carbocycles. The maximum absolute atomic E-state index is 12.7. The maximum Gasteiger partial charge on any atom is 0.268 e. The summed E-state index contributed by atoms with van der Waals surface area (Å²) in [4.78, 5) is 28.4. The molecule has 2 heterocycles. The van der Waals surface area contributed by atoms with Crippen molar-refractivity contribution in [3.8, 4) is 5.75 Å². The van der Waals surface area contributed by atoms with E-state index < -0.39 is 6.10 Å². The monoisotopic (exact) mass is 318 g/mol. The fraction of sp³-hybridized carbons (Fsp3) is 0.529. The first kappa shape index (κ1) is 15.8. The quantitative estimate of drug-likeness (QED) is 0.828. The molecule has 124 valence electrons. The molecule has 6 heteroatoms. The van der Waals surface area contributed by atoms with Crippen LogP contribution in [0.2, 0.25) is 0 Å². The number of fused-ring (bicyclic) bond motifs is 1. The van der Waals surface area contributed by atoms with Gasteiger partial charge >= 0.3 is 0 Å². The summed E-state index contributed by atoms with van der Waals surface area (Å²) >= 11 is 0. The molecule has 2 aliphatic heterocycles. The Morgan fingerprint density at radius 3 is 2.52 bits per heavy atom. The number of anilines is 1. The van der Waals surface area contributed by atoms with Crippen LogP contribution in [0.1, 0.15) is 20.8 Å². The third-order valence-corrected chi connectivity index (χ3v) is 4.14. The van der Waals surface area contributed by atoms with Crippen LogP contribution >= 0.6 is 0 Å². The van der Waals surface area contributed by atoms with Crippen LogP contribution in [0.3, 0.4) is 0 Å². The molecule has 6 nitrogen and oxygen atoms in total. The topological polar surface area (TPSA) is 59.1 Å². The number of carbonyl (C=O) groups is 2. The molecule has 0 bridgehead atoms. The molecule has 23 heavy (non-hydrogen) atoms. The Morgan fingerprint density at radius 2 is 1.83 bits per heavy atom. The minimum absolute atomic E-state index is 0.00861. The number of amides is 2. The Labute approximate surface area is 136 Å². The molecule has 1 fully saturated rings. The van der Waals surface area contributed by atoms with Gasteiger partial charge in [-0.3, -0.25) is 14.5 Å². The Kier molecular flexibility index (Phi) is 4.26. The van der Waals surface area contributed by atoms with Crippen LogP contribution in [0.25, 0.3) is 0 Å². The van der Waals surface area contributed by atoms with Crippen LogP contribution in [0.15, 0.2) is 24.3 Å². The number of hydrogen-bond acceptors (Lipinski definition) is 4. The molecule has 1 saturated heterocycles. The molecule has 0 aliphatic carbocycles. The smallest absolute Gasteiger partial charge is 0.268 e. The van der Waals surface area contributed by atoms with Crippen LogP contribution in [0.5, 0.6) is 5.75 Å². The highest BCUT2D eigenvalue weighted by atomic mass is 16.5. The van der Waals surface area contributed by atoms with Crippen molar-refractivity contribution in [3.05, 3.63) is 24.3 Å². The summed E-state index contributed by atoms with van der Waals surface area (Å²) < 4.78 is 11.3. The van der Waals surface area contributed by atoms with Gasteiger partial charge < -0.3 is 14.4 Å². The lowest BCUT2D eigenvalue weighted by molar-refractivity contribution is -0.143. The molecule has 2 aliphatic rings. The Hall–Kier alpha value is -2.08. The molecule has 0 spiro atoms. The number of morpholine rings is 1. The number of nitrogens with zero attached hydrogens (tertiary/aromatic N) is 2. The zero-order chi connectivity index (χ0) is 16.6. The van der Waals surface area contributed by atoms with Gasteiger partial charge in [-0.1, -0.05) is 12.1 Å². The highest BCUT2D eigenvalue weighted by Crippen LogP contribution is 2.33. The van der Waals surface area contributed by atoms with Crippen LogP contribution < -0.4 is 9.64 Å². The van der Waals surface area contributed by atoms with Gasteiger partial charge in [0.05, 0.1) is 17.9 Å². The summed E-state index contributed by atoms with van der Waals surface area (Å²) in [5.41, 5.74) is 0.651. The molecule has 2 amide bonds. The molecule has 0 aromatic heterocycles. The number of hydrogen-bond donors (Lipinski definition) is 0. The number of benzene rings is 1. The number of rotatable bonds is 2.